The number of rotatable bonds is 0. The minimum Gasteiger partial charge on any atom is -0.141 e. The summed E-state index contributed by atoms with van der Waals surface area (Å²) in [6.07, 6.45) is 1.65. The molecule has 0 aliphatic carbocycles. The topological polar surface area (TPSA) is 38.7 Å². The predicted molar refractivity (Wildman–Crippen MR) is 29.4 cm³/mol. The van der Waals surface area contributed by atoms with E-state index in [2.05, 4.69) is 15.4 Å². The first-order valence-corrected chi connectivity index (χ1v) is 3.00. The normalized spacial score (nSPS) is 9.14. The summed E-state index contributed by atoms with van der Waals surface area (Å²) in [5.41, 5.74) is 0. The standard InChI is InChI=1S/C3H5N3Si/c7-3-1-2-4-6-5-3/h1-2H,7H3. The Bertz CT molecular complexity index is 140. The van der Waals surface area contributed by atoms with E-state index in [1.807, 2.05) is 6.07 Å². The Morgan fingerprint density at radius 1 is 1.57 bits per heavy atom. The lowest BCUT2D eigenvalue weighted by atomic mass is 10.7. The minimum absolute atomic E-state index is 0.960. The Hall–Kier alpha value is -0.773. The van der Waals surface area contributed by atoms with Crippen molar-refractivity contribution in [3.05, 3.63) is 12.3 Å². The monoisotopic (exact) mass is 111 g/mol. The van der Waals surface area contributed by atoms with Crippen LogP contribution in [0.1, 0.15) is 0 Å². The lowest BCUT2D eigenvalue weighted by molar-refractivity contribution is 0.882. The molecule has 0 aliphatic rings. The molecule has 7 heavy (non-hydrogen) atoms. The molecule has 36 valence electrons. The van der Waals surface area contributed by atoms with Crippen molar-refractivity contribution in [2.24, 2.45) is 0 Å². The Morgan fingerprint density at radius 2 is 2.43 bits per heavy atom. The van der Waals surface area contributed by atoms with E-state index in [1.54, 1.807) is 6.20 Å². The van der Waals surface area contributed by atoms with E-state index >= 15 is 0 Å². The molecule has 3 nitrogen and oxygen atoms in total. The third-order valence-corrected chi connectivity index (χ3v) is 1.17. The lowest BCUT2D eigenvalue weighted by Gasteiger charge is -1.79. The van der Waals surface area contributed by atoms with Crippen LogP contribution in [0, 0.1) is 0 Å². The van der Waals surface area contributed by atoms with E-state index < -0.39 is 0 Å². The molecule has 1 aromatic heterocycles. The number of hydrogen-bond donors (Lipinski definition) is 0. The smallest absolute Gasteiger partial charge is 0.0649 e. The van der Waals surface area contributed by atoms with Gasteiger partial charge in [0.2, 0.25) is 0 Å². The van der Waals surface area contributed by atoms with Crippen molar-refractivity contribution in [3.8, 4) is 0 Å². The summed E-state index contributed by atoms with van der Waals surface area (Å²) < 4.78 is 0. The molecular formula is C3H5N3Si. The van der Waals surface area contributed by atoms with E-state index in [-0.39, 0.29) is 0 Å². The first-order chi connectivity index (χ1) is 3.39. The first-order valence-electron chi connectivity index (χ1n) is 2.00. The largest absolute Gasteiger partial charge is 0.141 e. The van der Waals surface area contributed by atoms with Crippen LogP contribution in [0.15, 0.2) is 12.3 Å². The van der Waals surface area contributed by atoms with Gasteiger partial charge in [-0.25, -0.2) is 0 Å². The molecule has 0 N–H and O–H groups in total. The highest BCUT2D eigenvalue weighted by atomic mass is 28.1. The van der Waals surface area contributed by atoms with Crippen molar-refractivity contribution in [1.82, 2.24) is 15.4 Å². The molecule has 0 saturated carbocycles. The van der Waals surface area contributed by atoms with Gasteiger partial charge in [0.05, 0.1) is 16.4 Å². The fourth-order valence-corrected chi connectivity index (χ4v) is 0.539. The zero-order valence-electron chi connectivity index (χ0n) is 4.00. The number of aromatic nitrogens is 3. The van der Waals surface area contributed by atoms with Gasteiger partial charge >= 0.3 is 0 Å². The van der Waals surface area contributed by atoms with Gasteiger partial charge in [0.15, 0.2) is 0 Å². The summed E-state index contributed by atoms with van der Waals surface area (Å²) in [5.74, 6) is 0. The van der Waals surface area contributed by atoms with Crippen LogP contribution in [0.25, 0.3) is 0 Å². The maximum Gasteiger partial charge on any atom is 0.0649 e. The summed E-state index contributed by atoms with van der Waals surface area (Å²) in [7, 11) is 0.960. The van der Waals surface area contributed by atoms with Crippen LogP contribution in [-0.2, 0) is 0 Å². The maximum absolute atomic E-state index is 3.68. The van der Waals surface area contributed by atoms with E-state index in [9.17, 15) is 0 Å². The number of hydrogen-bond acceptors (Lipinski definition) is 3. The second-order valence-corrected chi connectivity index (χ2v) is 2.29. The molecule has 0 radical (unpaired) electrons. The summed E-state index contributed by atoms with van der Waals surface area (Å²) in [4.78, 5) is 0. The van der Waals surface area contributed by atoms with Gasteiger partial charge in [-0.3, -0.25) is 0 Å². The van der Waals surface area contributed by atoms with Crippen LogP contribution in [0.3, 0.4) is 0 Å². The third-order valence-electron chi connectivity index (χ3n) is 0.637. The van der Waals surface area contributed by atoms with E-state index in [4.69, 9.17) is 0 Å². The highest BCUT2D eigenvalue weighted by molar-refractivity contribution is 6.30. The Labute approximate surface area is 44.2 Å². The van der Waals surface area contributed by atoms with Crippen LogP contribution in [0.4, 0.5) is 0 Å². The van der Waals surface area contributed by atoms with Gasteiger partial charge in [-0.05, 0) is 11.3 Å². The van der Waals surface area contributed by atoms with E-state index in [0.29, 0.717) is 0 Å². The highest BCUT2D eigenvalue weighted by Crippen LogP contribution is 1.58. The van der Waals surface area contributed by atoms with Gasteiger partial charge in [0, 0.05) is 5.32 Å². The van der Waals surface area contributed by atoms with Gasteiger partial charge in [-0.2, -0.15) is 0 Å². The molecule has 0 spiro atoms. The molecule has 1 rings (SSSR count). The van der Waals surface area contributed by atoms with Crippen LogP contribution in [0.5, 0.6) is 0 Å². The zero-order valence-corrected chi connectivity index (χ0v) is 6.00. The third kappa shape index (κ3) is 1.04. The quantitative estimate of drug-likeness (QED) is 0.359. The van der Waals surface area contributed by atoms with Gasteiger partial charge in [-0.1, -0.05) is 0 Å². The molecule has 0 fully saturated rings. The molecule has 1 heterocycles. The van der Waals surface area contributed by atoms with Crippen molar-refractivity contribution in [2.75, 3.05) is 0 Å². The molecule has 0 bridgehead atoms. The second kappa shape index (κ2) is 1.79. The average Bonchev–Trinajstić information content (AvgIpc) is 1.69. The lowest BCUT2D eigenvalue weighted by Crippen LogP contribution is -2.08. The summed E-state index contributed by atoms with van der Waals surface area (Å²) >= 11 is 0. The Balaban J connectivity index is 3.02. The average molecular weight is 111 g/mol. The van der Waals surface area contributed by atoms with Gasteiger partial charge in [0.1, 0.15) is 0 Å². The highest BCUT2D eigenvalue weighted by Gasteiger charge is 1.76. The Morgan fingerprint density at radius 3 is 2.71 bits per heavy atom. The molecule has 0 aliphatic heterocycles. The molecule has 0 amide bonds. The zero-order chi connectivity index (χ0) is 5.11. The number of nitrogens with zero attached hydrogens (tertiary/aromatic N) is 3. The van der Waals surface area contributed by atoms with Crippen molar-refractivity contribution < 1.29 is 0 Å². The molecule has 0 unspecified atom stereocenters. The fraction of sp³-hybridized carbons (Fsp3) is 0. The van der Waals surface area contributed by atoms with Crippen LogP contribution in [-0.4, -0.2) is 25.7 Å². The first kappa shape index (κ1) is 4.39. The fourth-order valence-electron chi connectivity index (χ4n) is 0.301. The molecule has 4 heteroatoms. The molecule has 1 aromatic rings. The van der Waals surface area contributed by atoms with Crippen molar-refractivity contribution in [2.45, 2.75) is 0 Å². The van der Waals surface area contributed by atoms with E-state index in [0.717, 1.165) is 15.6 Å². The SMILES string of the molecule is [SiH3]c1ccnnn1. The molecule has 0 saturated heterocycles. The molecule has 0 atom stereocenters. The molecule has 0 aromatic carbocycles. The summed E-state index contributed by atoms with van der Waals surface area (Å²) in [5, 5.41) is 11.6. The van der Waals surface area contributed by atoms with Crippen molar-refractivity contribution >= 4 is 15.6 Å². The van der Waals surface area contributed by atoms with Crippen molar-refractivity contribution in [1.29, 1.82) is 0 Å². The minimum atomic E-state index is 0.960. The summed E-state index contributed by atoms with van der Waals surface area (Å²) in [6.45, 7) is 0. The van der Waals surface area contributed by atoms with Crippen molar-refractivity contribution in [3.63, 3.8) is 0 Å². The van der Waals surface area contributed by atoms with Gasteiger partial charge in [0.25, 0.3) is 0 Å². The van der Waals surface area contributed by atoms with Crippen LogP contribution in [0.2, 0.25) is 0 Å². The van der Waals surface area contributed by atoms with Crippen LogP contribution < -0.4 is 5.32 Å². The predicted octanol–water partition coefficient (Wildman–Crippen LogP) is -2.14. The van der Waals surface area contributed by atoms with Gasteiger partial charge < -0.3 is 0 Å². The summed E-state index contributed by atoms with van der Waals surface area (Å²) in [6, 6.07) is 1.86. The second-order valence-electron chi connectivity index (χ2n) is 1.26. The van der Waals surface area contributed by atoms with Crippen LogP contribution >= 0.6 is 0 Å². The van der Waals surface area contributed by atoms with E-state index in [1.165, 1.54) is 0 Å². The Kier molecular flexibility index (Phi) is 1.12. The maximum atomic E-state index is 3.68. The van der Waals surface area contributed by atoms with Gasteiger partial charge in [-0.15, -0.1) is 10.2 Å². The molecular weight excluding hydrogens is 106 g/mol.